The molecule has 9 heterocycles. The van der Waals surface area contributed by atoms with Crippen LogP contribution in [0.15, 0.2) is 304 Å². The first-order valence-electron chi connectivity index (χ1n) is 45.0. The van der Waals surface area contributed by atoms with E-state index in [0.717, 1.165) is 113 Å². The zero-order valence-corrected chi connectivity index (χ0v) is 77.3. The lowest BCUT2D eigenvalue weighted by atomic mass is 9.91. The number of carboxylic acid groups (broad SMARTS) is 1. The van der Waals surface area contributed by atoms with Crippen molar-refractivity contribution in [1.29, 1.82) is 0 Å². The summed E-state index contributed by atoms with van der Waals surface area (Å²) in [6.07, 6.45) is 10.2. The summed E-state index contributed by atoms with van der Waals surface area (Å²) in [6.45, 7) is 19.9. The number of nitrogens with zero attached hydrogens (tertiary/aromatic N) is 21. The first-order valence-corrected chi connectivity index (χ1v) is 45.0. The van der Waals surface area contributed by atoms with Crippen LogP contribution in [0.2, 0.25) is 0 Å². The van der Waals surface area contributed by atoms with Crippen molar-refractivity contribution >= 4 is 70.2 Å². The fraction of sp³-hybridized carbons (Fsp3) is 0.402. The van der Waals surface area contributed by atoms with Crippen LogP contribution in [0.25, 0.3) is 4.85 Å². The van der Waals surface area contributed by atoms with Crippen LogP contribution >= 0.6 is 0 Å². The lowest BCUT2D eigenvalue weighted by Crippen LogP contribution is -2.35. The Hall–Kier alpha value is -15.9. The second-order valence-electron chi connectivity index (χ2n) is 32.7. The molecule has 0 saturated heterocycles. The van der Waals surface area contributed by atoms with E-state index in [1.165, 1.54) is 24.3 Å². The Morgan fingerprint density at radius 2 is 0.775 bits per heavy atom. The highest BCUT2D eigenvalue weighted by Crippen LogP contribution is 2.36. The number of nitro benzene ring substituents is 2. The summed E-state index contributed by atoms with van der Waals surface area (Å²) < 4.78 is 15.6. The number of amides is 3. The Labute approximate surface area is 796 Å². The van der Waals surface area contributed by atoms with E-state index in [4.69, 9.17) is 25.9 Å². The van der Waals surface area contributed by atoms with E-state index in [-0.39, 0.29) is 183 Å². The molecule has 720 valence electrons. The van der Waals surface area contributed by atoms with E-state index >= 15 is 0 Å². The normalized spacial score (nSPS) is 14.6. The predicted octanol–water partition coefficient (Wildman–Crippen LogP) is 21.5. The summed E-state index contributed by atoms with van der Waals surface area (Å²) in [5.41, 5.74) is 9.65. The minimum Gasteiger partial charge on any atom is -0.481 e. The number of aliphatic carboxylic acids is 1. The number of carbonyl (C=O) groups excluding carboxylic acids is 8. The van der Waals surface area contributed by atoms with Crippen molar-refractivity contribution in [3.63, 3.8) is 0 Å². The molecule has 8 aromatic carbocycles. The van der Waals surface area contributed by atoms with Crippen molar-refractivity contribution in [3.8, 4) is 0 Å². The molecule has 0 fully saturated rings. The van der Waals surface area contributed by atoms with Gasteiger partial charge in [-0.25, -0.2) is 4.85 Å². The van der Waals surface area contributed by atoms with Gasteiger partial charge in [0, 0.05) is 102 Å². The number of nitrogens with one attached hydrogen (secondary N) is 3. The monoisotopic (exact) mass is 1880 g/mol. The largest absolute Gasteiger partial charge is 0.481 e. The van der Waals surface area contributed by atoms with Crippen molar-refractivity contribution in [3.05, 3.63) is 300 Å². The molecule has 8 aromatic rings. The second kappa shape index (κ2) is 56.3. The number of esters is 3. The molecule has 9 aliphatic heterocycles. The summed E-state index contributed by atoms with van der Waals surface area (Å²) >= 11 is 0. The van der Waals surface area contributed by atoms with E-state index in [1.807, 2.05) is 148 Å². The van der Waals surface area contributed by atoms with Crippen LogP contribution in [0.4, 0.5) is 17.1 Å². The molecule has 3 amide bonds. The standard InChI is InChI=1S/C19H27N3O3.C17H23N3O3.C16H21N3O3.2C9H8N2O.C8H5N3.2C7H5N3O2.C5H8N2O2/c1-14(2)16(19(24)20-11-7-6-10-17-21-22-17)12-18(23)25-13-15-8-4-3-5-9-15;1-13(17(22)18-10-6-5-9-15-19-20-15)11-16(21)23-12-14-7-3-2-4-8-14;20-15(17-11-5-4-8-14-18-19-14)9-10-16(21)22-12-13-6-2-1-3-7-13;2*1-6(12)7-2-4-8(5-3-7)9-10-11-9;1-9-7-4-2-6(3-5-7)8-10-11-8;11-10(12)6-3-1-5(2-4-6)7-8-9-7;11-10(12)6-3-1-2-5(4-6)7-8-9-7;1-5(6-7-5)3-2-4(8)9/h3-5,8-9,14,16-17H,6-7,10-13H2,1-2H3,(H,20,24);2-4,7-8,13,15H,5-6,9-12H2,1H3,(H,18,22);1-3,6-7,14H,4-5,8-12H2,(H,17,20);2*2-5,9H,1H3;2-5,8H;2*1-4,7H;2-3H2,1H3,(H,8,9)/t16-;13-;;;;;;;/m01......./s1. The lowest BCUT2D eigenvalue weighted by molar-refractivity contribution is -0.385. The van der Waals surface area contributed by atoms with E-state index in [1.54, 1.807) is 81.4 Å². The number of carboxylic acids is 1. The SMILES string of the molecule is CC(=O)c1ccc(C2N=N2)cc1.CC(=O)c1ccc(C2N=N2)cc1.CC(C)[C@H](CC(=O)OCc1ccccc1)C(=O)NCCCCC1N=N1.CC1(CCC(=O)O)N=N1.C[C@H](CC(=O)OCc1ccccc1)C(=O)NCCCCC1N=N1.O=C(CCC(=O)OCc1ccccc1)NCCCCC1N=N1.O=[N+]([O-])c1ccc(C2N=N2)cc1.O=[N+]([O-])c1cccc(C2N=N2)c1.[C-]#[N+]c1ccc(C2N=N2)cc1. The number of benzene rings is 8. The number of hydrogen-bond donors (Lipinski definition) is 4. The van der Waals surface area contributed by atoms with Gasteiger partial charge in [-0.15, -0.1) is 0 Å². The van der Waals surface area contributed by atoms with Gasteiger partial charge in [0.2, 0.25) is 48.6 Å². The maximum atomic E-state index is 12.3. The molecule has 0 spiro atoms. The zero-order chi connectivity index (χ0) is 99.0. The summed E-state index contributed by atoms with van der Waals surface area (Å²) in [4.78, 5) is 126. The maximum Gasteiger partial charge on any atom is 0.306 e. The fourth-order valence-corrected chi connectivity index (χ4v) is 12.1. The Morgan fingerprint density at radius 1 is 0.413 bits per heavy atom. The van der Waals surface area contributed by atoms with Gasteiger partial charge < -0.3 is 35.3 Å². The molecule has 0 radical (unpaired) electrons. The van der Waals surface area contributed by atoms with Gasteiger partial charge in [0.05, 0.1) is 41.6 Å². The van der Waals surface area contributed by atoms with Crippen LogP contribution in [0.5, 0.6) is 0 Å². The molecule has 0 aromatic heterocycles. The Kier molecular flexibility index (Phi) is 43.2. The number of ether oxygens (including phenoxy) is 3. The average Bonchev–Trinajstić information content (AvgIpc) is 1.69. The number of carbonyl (C=O) groups is 9. The highest BCUT2D eigenvalue weighted by atomic mass is 16.6. The van der Waals surface area contributed by atoms with Crippen LogP contribution in [-0.4, -0.2) is 112 Å². The van der Waals surface area contributed by atoms with Crippen LogP contribution in [0.1, 0.15) is 234 Å². The summed E-state index contributed by atoms with van der Waals surface area (Å²) in [5, 5.41) is 105. The fourth-order valence-electron chi connectivity index (χ4n) is 12.1. The van der Waals surface area contributed by atoms with E-state index < -0.39 is 15.8 Å². The third-order valence-electron chi connectivity index (χ3n) is 20.9. The third-order valence-corrected chi connectivity index (χ3v) is 20.9. The molecule has 17 rings (SSSR count). The van der Waals surface area contributed by atoms with Crippen LogP contribution in [0.3, 0.4) is 0 Å². The molecule has 0 bridgehead atoms. The number of ketones is 2. The number of Topliss-reactive ketones (excluding diaryl/α,β-unsaturated/α-hetero) is 2. The van der Waals surface area contributed by atoms with Gasteiger partial charge in [-0.3, -0.25) is 63.4 Å². The average molecular weight is 1880 g/mol. The molecule has 41 heteroatoms. The van der Waals surface area contributed by atoms with Crippen LogP contribution < -0.4 is 16.0 Å². The van der Waals surface area contributed by atoms with Crippen molar-refractivity contribution in [1.82, 2.24) is 16.0 Å². The number of non-ortho nitro benzene ring substituents is 2. The molecule has 2 atom stereocenters. The van der Waals surface area contributed by atoms with E-state index in [9.17, 15) is 63.4 Å². The maximum absolute atomic E-state index is 12.3. The first-order chi connectivity index (χ1) is 66.5. The smallest absolute Gasteiger partial charge is 0.306 e. The summed E-state index contributed by atoms with van der Waals surface area (Å²) in [5.74, 6) is -2.62. The van der Waals surface area contributed by atoms with Crippen molar-refractivity contribution in [2.75, 3.05) is 19.6 Å². The molecule has 4 N–H and O–H groups in total. The van der Waals surface area contributed by atoms with E-state index in [2.05, 4.69) is 113 Å². The second-order valence-corrected chi connectivity index (χ2v) is 32.7. The van der Waals surface area contributed by atoms with Gasteiger partial charge in [0.15, 0.2) is 41.4 Å². The molecule has 41 nitrogen and oxygen atoms in total. The lowest BCUT2D eigenvalue weighted by Gasteiger charge is -2.19. The highest BCUT2D eigenvalue weighted by Gasteiger charge is 2.34. The Balaban J connectivity index is 0.000000177. The number of rotatable bonds is 43. The molecule has 9 aliphatic rings. The first kappa shape index (κ1) is 106. The van der Waals surface area contributed by atoms with Crippen LogP contribution in [-0.2, 0) is 67.6 Å². The molecule has 138 heavy (non-hydrogen) atoms. The minimum atomic E-state index is -0.784. The molecular weight excluding hydrogens is 1770 g/mol. The van der Waals surface area contributed by atoms with Gasteiger partial charge in [0.1, 0.15) is 19.8 Å². The van der Waals surface area contributed by atoms with E-state index in [0.29, 0.717) is 31.7 Å². The Bertz CT molecular complexity index is 5480. The topological polar surface area (TPSA) is 551 Å². The van der Waals surface area contributed by atoms with Gasteiger partial charge in [-0.2, -0.15) is 92.1 Å². The highest BCUT2D eigenvalue weighted by molar-refractivity contribution is 5.94. The predicted molar refractivity (Wildman–Crippen MR) is 501 cm³/mol. The van der Waals surface area contributed by atoms with Crippen molar-refractivity contribution in [2.24, 2.45) is 110 Å². The number of nitro groups is 2. The quantitative estimate of drug-likeness (QED) is 0.00524. The van der Waals surface area contributed by atoms with Gasteiger partial charge in [-0.05, 0) is 119 Å². The van der Waals surface area contributed by atoms with Gasteiger partial charge >= 0.3 is 23.9 Å². The molecular formula is C97H110N24O17. The van der Waals surface area contributed by atoms with Crippen molar-refractivity contribution in [2.45, 2.75) is 213 Å². The van der Waals surface area contributed by atoms with Gasteiger partial charge in [-0.1, -0.05) is 197 Å². The number of hydrogen-bond acceptors (Lipinski definition) is 34. The van der Waals surface area contributed by atoms with Crippen molar-refractivity contribution < 1.29 is 72.3 Å². The molecule has 0 saturated carbocycles. The summed E-state index contributed by atoms with van der Waals surface area (Å²) in [7, 11) is 0. The summed E-state index contributed by atoms with van der Waals surface area (Å²) in [6, 6.07) is 63.2. The molecule has 0 aliphatic carbocycles. The third kappa shape index (κ3) is 44.7. The number of unbranched alkanes of at least 4 members (excludes halogenated alkanes) is 3. The minimum absolute atomic E-state index is 0.0333. The Morgan fingerprint density at radius 3 is 1.13 bits per heavy atom. The zero-order valence-electron chi connectivity index (χ0n) is 77.3. The molecule has 0 unspecified atom stereocenters. The van der Waals surface area contributed by atoms with Gasteiger partial charge in [0.25, 0.3) is 11.4 Å². The van der Waals surface area contributed by atoms with Crippen LogP contribution in [0, 0.1) is 44.6 Å².